The molecule has 0 saturated carbocycles. The molecule has 4 heteroatoms. The third kappa shape index (κ3) is 2.68. The molecule has 0 amide bonds. The first-order valence-electron chi connectivity index (χ1n) is 3.82. The third-order valence-corrected chi connectivity index (χ3v) is 2.03. The van der Waals surface area contributed by atoms with Gasteiger partial charge in [-0.25, -0.2) is 0 Å². The van der Waals surface area contributed by atoms with Crippen molar-refractivity contribution in [2.45, 2.75) is 0 Å². The second-order valence-electron chi connectivity index (χ2n) is 2.50. The van der Waals surface area contributed by atoms with E-state index >= 15 is 0 Å². The van der Waals surface area contributed by atoms with Crippen LogP contribution in [0, 0.1) is 6.20 Å². The van der Waals surface area contributed by atoms with E-state index in [0.29, 0.717) is 0 Å². The standard InChI is InChI=1S/C10H6BrN2.Li/c11-10-6-3-5-9(13-10)8-4-1-2-7-12-8;/h1-6H;/q-1;+1. The molecule has 0 spiro atoms. The van der Waals surface area contributed by atoms with Crippen molar-refractivity contribution in [3.63, 3.8) is 0 Å². The molecule has 2 heterocycles. The molecule has 0 saturated heterocycles. The summed E-state index contributed by atoms with van der Waals surface area (Å²) in [6, 6.07) is 11.3. The molecular weight excluding hydrogens is 235 g/mol. The molecule has 0 radical (unpaired) electrons. The fourth-order valence-corrected chi connectivity index (χ4v) is 1.36. The largest absolute Gasteiger partial charge is 1.00 e. The second kappa shape index (κ2) is 5.31. The fourth-order valence-electron chi connectivity index (χ4n) is 1.02. The predicted octanol–water partition coefficient (Wildman–Crippen LogP) is -0.290. The molecule has 0 fully saturated rings. The minimum atomic E-state index is 0. The Hall–Kier alpha value is -0.623. The van der Waals surface area contributed by atoms with Gasteiger partial charge in [0, 0.05) is 5.69 Å². The molecular formula is C10H6BrLiN2. The van der Waals surface area contributed by atoms with Gasteiger partial charge in [-0.15, -0.1) is 6.07 Å². The van der Waals surface area contributed by atoms with Gasteiger partial charge in [-0.1, -0.05) is 12.3 Å². The van der Waals surface area contributed by atoms with Crippen molar-refractivity contribution in [2.75, 3.05) is 0 Å². The molecule has 2 rings (SSSR count). The molecule has 64 valence electrons. The summed E-state index contributed by atoms with van der Waals surface area (Å²) in [7, 11) is 0. The quantitative estimate of drug-likeness (QED) is 0.389. The summed E-state index contributed by atoms with van der Waals surface area (Å²) in [5.41, 5.74) is 1.69. The molecule has 2 nitrogen and oxygen atoms in total. The molecule has 0 aliphatic carbocycles. The van der Waals surface area contributed by atoms with Gasteiger partial charge in [0.05, 0.1) is 0 Å². The van der Waals surface area contributed by atoms with Crippen molar-refractivity contribution in [3.05, 3.63) is 47.2 Å². The molecule has 0 aromatic carbocycles. The molecule has 0 aliphatic rings. The minimum absolute atomic E-state index is 0. The van der Waals surface area contributed by atoms with E-state index in [-0.39, 0.29) is 18.9 Å². The number of pyridine rings is 2. The van der Waals surface area contributed by atoms with E-state index in [1.807, 2.05) is 30.3 Å². The third-order valence-electron chi connectivity index (χ3n) is 1.59. The van der Waals surface area contributed by atoms with Crippen LogP contribution in [0.2, 0.25) is 0 Å². The molecule has 14 heavy (non-hydrogen) atoms. The second-order valence-corrected chi connectivity index (χ2v) is 3.31. The minimum Gasteiger partial charge on any atom is -0.385 e. The monoisotopic (exact) mass is 240 g/mol. The maximum absolute atomic E-state index is 4.28. The van der Waals surface area contributed by atoms with Crippen LogP contribution in [0.1, 0.15) is 0 Å². The first-order valence-corrected chi connectivity index (χ1v) is 4.61. The number of aromatic nitrogens is 2. The summed E-state index contributed by atoms with van der Waals surface area (Å²) in [6.45, 7) is 0. The van der Waals surface area contributed by atoms with E-state index in [4.69, 9.17) is 0 Å². The Kier molecular flexibility index (Phi) is 4.34. The van der Waals surface area contributed by atoms with Gasteiger partial charge in [-0.3, -0.25) is 4.98 Å². The zero-order chi connectivity index (χ0) is 9.10. The van der Waals surface area contributed by atoms with E-state index in [1.54, 1.807) is 6.07 Å². The summed E-state index contributed by atoms with van der Waals surface area (Å²) in [5.74, 6) is 0. The summed E-state index contributed by atoms with van der Waals surface area (Å²) >= 11 is 3.31. The Balaban J connectivity index is 0.000000980. The van der Waals surface area contributed by atoms with Gasteiger partial charge in [0.2, 0.25) is 0 Å². The van der Waals surface area contributed by atoms with E-state index in [9.17, 15) is 0 Å². The Morgan fingerprint density at radius 3 is 2.50 bits per heavy atom. The fraction of sp³-hybridized carbons (Fsp3) is 0. The maximum atomic E-state index is 4.28. The Bertz CT molecular complexity index is 406. The van der Waals surface area contributed by atoms with Gasteiger partial charge in [0.1, 0.15) is 4.60 Å². The van der Waals surface area contributed by atoms with Crippen molar-refractivity contribution in [1.82, 2.24) is 9.97 Å². The topological polar surface area (TPSA) is 25.8 Å². The number of hydrogen-bond donors (Lipinski definition) is 0. The molecule has 2 aromatic heterocycles. The van der Waals surface area contributed by atoms with Crippen LogP contribution in [0.4, 0.5) is 0 Å². The SMILES string of the molecule is Brc1cccc(-c2ccc[c-]n2)n1.[Li+]. The van der Waals surface area contributed by atoms with Crippen LogP contribution in [0.15, 0.2) is 41.0 Å². The van der Waals surface area contributed by atoms with Gasteiger partial charge in [0.15, 0.2) is 0 Å². The molecule has 0 bridgehead atoms. The van der Waals surface area contributed by atoms with Crippen molar-refractivity contribution in [2.24, 2.45) is 0 Å². The summed E-state index contributed by atoms with van der Waals surface area (Å²) < 4.78 is 0.815. The predicted molar refractivity (Wildman–Crippen MR) is 54.0 cm³/mol. The first-order chi connectivity index (χ1) is 6.36. The van der Waals surface area contributed by atoms with E-state index < -0.39 is 0 Å². The average molecular weight is 241 g/mol. The van der Waals surface area contributed by atoms with Crippen LogP contribution in [0.3, 0.4) is 0 Å². The molecule has 0 unspecified atom stereocenters. The van der Waals surface area contributed by atoms with Crippen LogP contribution in [-0.4, -0.2) is 9.97 Å². The van der Waals surface area contributed by atoms with Crippen LogP contribution in [-0.2, 0) is 0 Å². The first kappa shape index (κ1) is 11.5. The van der Waals surface area contributed by atoms with Crippen LogP contribution in [0.25, 0.3) is 11.4 Å². The van der Waals surface area contributed by atoms with Gasteiger partial charge < -0.3 is 4.98 Å². The summed E-state index contributed by atoms with van der Waals surface area (Å²) in [4.78, 5) is 8.36. The molecule has 2 aromatic rings. The van der Waals surface area contributed by atoms with Crippen LogP contribution >= 0.6 is 15.9 Å². The molecule has 0 aliphatic heterocycles. The van der Waals surface area contributed by atoms with Crippen molar-refractivity contribution in [1.29, 1.82) is 0 Å². The van der Waals surface area contributed by atoms with E-state index in [1.165, 1.54) is 0 Å². The van der Waals surface area contributed by atoms with Gasteiger partial charge >= 0.3 is 18.9 Å². The van der Waals surface area contributed by atoms with Crippen LogP contribution < -0.4 is 18.9 Å². The zero-order valence-corrected chi connectivity index (χ0v) is 9.32. The van der Waals surface area contributed by atoms with Crippen molar-refractivity contribution >= 4 is 15.9 Å². The normalized spacial score (nSPS) is 9.21. The Labute approximate surface area is 103 Å². The van der Waals surface area contributed by atoms with E-state index in [0.717, 1.165) is 16.0 Å². The Morgan fingerprint density at radius 2 is 1.86 bits per heavy atom. The van der Waals surface area contributed by atoms with Gasteiger partial charge in [0.25, 0.3) is 0 Å². The average Bonchev–Trinajstić information content (AvgIpc) is 2.19. The number of halogens is 1. The van der Waals surface area contributed by atoms with Crippen molar-refractivity contribution < 1.29 is 18.9 Å². The zero-order valence-electron chi connectivity index (χ0n) is 7.74. The van der Waals surface area contributed by atoms with E-state index in [2.05, 4.69) is 32.1 Å². The number of hydrogen-bond acceptors (Lipinski definition) is 2. The molecule has 0 atom stereocenters. The van der Waals surface area contributed by atoms with Gasteiger partial charge in [-0.2, -0.15) is 12.1 Å². The van der Waals surface area contributed by atoms with Crippen molar-refractivity contribution in [3.8, 4) is 11.4 Å². The smallest absolute Gasteiger partial charge is 0.385 e. The summed E-state index contributed by atoms with van der Waals surface area (Å²) in [6.07, 6.45) is 2.77. The number of rotatable bonds is 1. The van der Waals surface area contributed by atoms with Gasteiger partial charge in [-0.05, 0) is 33.8 Å². The maximum Gasteiger partial charge on any atom is 1.00 e. The number of nitrogens with zero attached hydrogens (tertiary/aromatic N) is 2. The molecule has 0 N–H and O–H groups in total. The Morgan fingerprint density at radius 1 is 1.07 bits per heavy atom. The van der Waals surface area contributed by atoms with Crippen LogP contribution in [0.5, 0.6) is 0 Å². The summed E-state index contributed by atoms with van der Waals surface area (Å²) in [5, 5.41) is 0.